The lowest BCUT2D eigenvalue weighted by atomic mass is 9.88. The predicted molar refractivity (Wildman–Crippen MR) is 93.4 cm³/mol. The number of likely N-dealkylation sites (tertiary alicyclic amines) is 1. The first-order valence-corrected chi connectivity index (χ1v) is 8.46. The minimum Gasteiger partial charge on any atom is -0.508 e. The molecular weight excluding hydrogens is 340 g/mol. The number of ether oxygens (including phenoxy) is 1. The van der Waals surface area contributed by atoms with E-state index in [2.05, 4.69) is 5.32 Å². The minimum absolute atomic E-state index is 0.0365. The lowest BCUT2D eigenvalue weighted by Gasteiger charge is -2.31. The Hall–Kier alpha value is -2.32. The zero-order chi connectivity index (χ0) is 19.5. The van der Waals surface area contributed by atoms with Gasteiger partial charge in [-0.2, -0.15) is 0 Å². The summed E-state index contributed by atoms with van der Waals surface area (Å²) in [6.07, 6.45) is -1.52. The number of alkyl carbamates (subject to hydrolysis) is 1. The van der Waals surface area contributed by atoms with Crippen LogP contribution in [0.15, 0.2) is 24.3 Å². The van der Waals surface area contributed by atoms with Gasteiger partial charge in [0.15, 0.2) is 0 Å². The zero-order valence-electron chi connectivity index (χ0n) is 15.2. The first-order chi connectivity index (χ1) is 12.1. The molecular formula is C18H26N2O6. The van der Waals surface area contributed by atoms with Crippen LogP contribution in [-0.4, -0.2) is 63.6 Å². The number of hydrogen-bond donors (Lipinski definition) is 4. The number of phenols is 1. The van der Waals surface area contributed by atoms with Crippen molar-refractivity contribution in [2.45, 2.75) is 44.4 Å². The molecule has 1 aromatic rings. The molecule has 0 radical (unpaired) electrons. The standard InChI is InChI=1S/C18H26N2O6/c1-17(2,3)26-16(25)19-18(12-4-6-13(22)7-5-12)8-9-20(15(18)24)10-14(23)11-21/h4-7,14,21-23H,8-11H2,1-3H3,(H,19,25). The number of aromatic hydroxyl groups is 1. The second kappa shape index (κ2) is 7.51. The van der Waals surface area contributed by atoms with Gasteiger partial charge in [0.05, 0.1) is 12.7 Å². The molecule has 0 aliphatic carbocycles. The Morgan fingerprint density at radius 1 is 1.35 bits per heavy atom. The molecule has 8 nitrogen and oxygen atoms in total. The fourth-order valence-corrected chi connectivity index (χ4v) is 2.95. The predicted octanol–water partition coefficient (Wildman–Crippen LogP) is 0.698. The van der Waals surface area contributed by atoms with Gasteiger partial charge in [0.2, 0.25) is 0 Å². The van der Waals surface area contributed by atoms with Crippen molar-refractivity contribution in [2.75, 3.05) is 19.7 Å². The number of carbonyl (C=O) groups is 2. The highest BCUT2D eigenvalue weighted by atomic mass is 16.6. The molecule has 2 rings (SSSR count). The number of benzene rings is 1. The van der Waals surface area contributed by atoms with Crippen molar-refractivity contribution in [2.24, 2.45) is 0 Å². The Morgan fingerprint density at radius 3 is 2.50 bits per heavy atom. The van der Waals surface area contributed by atoms with Crippen LogP contribution in [0.2, 0.25) is 0 Å². The second-order valence-electron chi connectivity index (χ2n) is 7.42. The van der Waals surface area contributed by atoms with Crippen LogP contribution in [0.3, 0.4) is 0 Å². The molecule has 1 fully saturated rings. The maximum atomic E-state index is 13.1. The van der Waals surface area contributed by atoms with E-state index in [9.17, 15) is 19.8 Å². The van der Waals surface area contributed by atoms with Crippen molar-refractivity contribution in [3.63, 3.8) is 0 Å². The molecule has 8 heteroatoms. The molecule has 0 spiro atoms. The summed E-state index contributed by atoms with van der Waals surface area (Å²) in [5, 5.41) is 30.9. The maximum Gasteiger partial charge on any atom is 0.408 e. The van der Waals surface area contributed by atoms with Gasteiger partial charge in [-0.3, -0.25) is 4.79 Å². The molecule has 2 amide bonds. The van der Waals surface area contributed by atoms with Crippen LogP contribution in [0.1, 0.15) is 32.8 Å². The van der Waals surface area contributed by atoms with Crippen molar-refractivity contribution in [1.82, 2.24) is 10.2 Å². The van der Waals surface area contributed by atoms with Gasteiger partial charge < -0.3 is 30.3 Å². The summed E-state index contributed by atoms with van der Waals surface area (Å²) in [5.41, 5.74) is -1.58. The quantitative estimate of drug-likeness (QED) is 0.609. The van der Waals surface area contributed by atoms with Crippen LogP contribution in [0.5, 0.6) is 5.75 Å². The van der Waals surface area contributed by atoms with E-state index < -0.39 is 35.9 Å². The number of rotatable bonds is 5. The highest BCUT2D eigenvalue weighted by Crippen LogP contribution is 2.34. The third-order valence-corrected chi connectivity index (χ3v) is 4.13. The maximum absolute atomic E-state index is 13.1. The molecule has 1 aromatic carbocycles. The van der Waals surface area contributed by atoms with Crippen LogP contribution in [-0.2, 0) is 15.1 Å². The molecule has 1 saturated heterocycles. The summed E-state index contributed by atoms with van der Waals surface area (Å²) in [6, 6.07) is 6.01. The highest BCUT2D eigenvalue weighted by molar-refractivity contribution is 5.93. The number of aliphatic hydroxyl groups excluding tert-OH is 2. The van der Waals surface area contributed by atoms with Gasteiger partial charge in [-0.15, -0.1) is 0 Å². The highest BCUT2D eigenvalue weighted by Gasteiger charge is 2.50. The van der Waals surface area contributed by atoms with E-state index in [1.165, 1.54) is 17.0 Å². The van der Waals surface area contributed by atoms with Gasteiger partial charge in [0.25, 0.3) is 5.91 Å². The van der Waals surface area contributed by atoms with Gasteiger partial charge in [-0.05, 0) is 38.5 Å². The van der Waals surface area contributed by atoms with Crippen LogP contribution in [0.25, 0.3) is 0 Å². The summed E-state index contributed by atoms with van der Waals surface area (Å²) < 4.78 is 5.30. The van der Waals surface area contributed by atoms with Gasteiger partial charge in [-0.1, -0.05) is 12.1 Å². The third kappa shape index (κ3) is 4.44. The van der Waals surface area contributed by atoms with Crippen LogP contribution in [0, 0.1) is 0 Å². The molecule has 0 aromatic heterocycles. The summed E-state index contributed by atoms with van der Waals surface area (Å²) >= 11 is 0. The SMILES string of the molecule is CC(C)(C)OC(=O)NC1(c2ccc(O)cc2)CCN(CC(O)CO)C1=O. The van der Waals surface area contributed by atoms with Crippen molar-refractivity contribution < 1.29 is 29.6 Å². The number of hydrogen-bond acceptors (Lipinski definition) is 6. The van der Waals surface area contributed by atoms with E-state index >= 15 is 0 Å². The molecule has 1 aliphatic rings. The average Bonchev–Trinajstić information content (AvgIpc) is 2.84. The Bertz CT molecular complexity index is 655. The van der Waals surface area contributed by atoms with E-state index in [0.29, 0.717) is 12.1 Å². The van der Waals surface area contributed by atoms with Gasteiger partial charge in [0.1, 0.15) is 16.9 Å². The molecule has 1 aliphatic heterocycles. The largest absolute Gasteiger partial charge is 0.508 e. The second-order valence-corrected chi connectivity index (χ2v) is 7.42. The van der Waals surface area contributed by atoms with E-state index in [1.807, 2.05) is 0 Å². The van der Waals surface area contributed by atoms with E-state index in [1.54, 1.807) is 32.9 Å². The fraction of sp³-hybridized carbons (Fsp3) is 0.556. The first kappa shape index (κ1) is 20.0. The summed E-state index contributed by atoms with van der Waals surface area (Å²) in [6.45, 7) is 4.97. The fourth-order valence-electron chi connectivity index (χ4n) is 2.95. The molecule has 144 valence electrons. The van der Waals surface area contributed by atoms with E-state index in [-0.39, 0.29) is 18.7 Å². The zero-order valence-corrected chi connectivity index (χ0v) is 15.2. The molecule has 2 atom stereocenters. The Morgan fingerprint density at radius 2 is 1.96 bits per heavy atom. The molecule has 4 N–H and O–H groups in total. The summed E-state index contributed by atoms with van der Waals surface area (Å²) in [4.78, 5) is 26.8. The van der Waals surface area contributed by atoms with E-state index in [0.717, 1.165) is 0 Å². The van der Waals surface area contributed by atoms with Gasteiger partial charge in [0, 0.05) is 19.5 Å². The molecule has 1 heterocycles. The average molecular weight is 366 g/mol. The first-order valence-electron chi connectivity index (χ1n) is 8.46. The number of β-amino-alcohol motifs (C(OH)–C–C–N with tert-alkyl or cyclic N) is 1. The number of carbonyl (C=O) groups excluding carboxylic acids is 2. The normalized spacial score (nSPS) is 21.6. The van der Waals surface area contributed by atoms with E-state index in [4.69, 9.17) is 9.84 Å². The minimum atomic E-state index is -1.36. The van der Waals surface area contributed by atoms with Crippen LogP contribution >= 0.6 is 0 Å². The Balaban J connectivity index is 2.33. The number of nitrogens with zero attached hydrogens (tertiary/aromatic N) is 1. The van der Waals surface area contributed by atoms with Crippen molar-refractivity contribution in [1.29, 1.82) is 0 Å². The monoisotopic (exact) mass is 366 g/mol. The molecule has 0 bridgehead atoms. The van der Waals surface area contributed by atoms with Crippen LogP contribution < -0.4 is 5.32 Å². The summed E-state index contributed by atoms with van der Waals surface area (Å²) in [7, 11) is 0. The van der Waals surface area contributed by atoms with Crippen molar-refractivity contribution in [3.8, 4) is 5.75 Å². The molecule has 26 heavy (non-hydrogen) atoms. The van der Waals surface area contributed by atoms with Gasteiger partial charge in [-0.25, -0.2) is 4.79 Å². The number of phenolic OH excluding ortho intramolecular Hbond substituents is 1. The lowest BCUT2D eigenvalue weighted by molar-refractivity contribution is -0.135. The van der Waals surface area contributed by atoms with Crippen molar-refractivity contribution >= 4 is 12.0 Å². The Kier molecular flexibility index (Phi) is 5.77. The Labute approximate surface area is 152 Å². The summed E-state index contributed by atoms with van der Waals surface area (Å²) in [5.74, 6) is -0.360. The molecule has 2 unspecified atom stereocenters. The van der Waals surface area contributed by atoms with Crippen molar-refractivity contribution in [3.05, 3.63) is 29.8 Å². The van der Waals surface area contributed by atoms with Gasteiger partial charge >= 0.3 is 6.09 Å². The molecule has 0 saturated carbocycles. The number of nitrogens with one attached hydrogen (secondary N) is 1. The van der Waals surface area contributed by atoms with Crippen LogP contribution in [0.4, 0.5) is 4.79 Å². The number of amides is 2. The smallest absolute Gasteiger partial charge is 0.408 e. The topological polar surface area (TPSA) is 119 Å². The third-order valence-electron chi connectivity index (χ3n) is 4.13. The number of aliphatic hydroxyl groups is 2. The lowest BCUT2D eigenvalue weighted by Crippen LogP contribution is -2.53.